The van der Waals surface area contributed by atoms with Crippen molar-refractivity contribution in [3.05, 3.63) is 39.8 Å². The van der Waals surface area contributed by atoms with Crippen molar-refractivity contribution in [2.45, 2.75) is 17.0 Å². The minimum Gasteiger partial charge on any atom is -0.248 e. The van der Waals surface area contributed by atoms with Crippen molar-refractivity contribution < 1.29 is 0 Å². The van der Waals surface area contributed by atoms with E-state index >= 15 is 0 Å². The van der Waals surface area contributed by atoms with Gasteiger partial charge in [0.15, 0.2) is 0 Å². The highest BCUT2D eigenvalue weighted by atomic mass is 79.9. The van der Waals surface area contributed by atoms with Gasteiger partial charge in [-0.3, -0.25) is 0 Å². The van der Waals surface area contributed by atoms with Crippen LogP contribution in [-0.4, -0.2) is 24.6 Å². The number of hydrogen-bond acceptors (Lipinski definition) is 5. The fourth-order valence-electron chi connectivity index (χ4n) is 1.53. The van der Waals surface area contributed by atoms with E-state index in [1.54, 1.807) is 10.7 Å². The molecular formula is C11H7BrClN5S. The minimum atomic E-state index is 0.426. The van der Waals surface area contributed by atoms with Gasteiger partial charge in [-0.05, 0) is 46.7 Å². The summed E-state index contributed by atoms with van der Waals surface area (Å²) in [5, 5.41) is 6.28. The maximum Gasteiger partial charge on any atom is 0.254 e. The summed E-state index contributed by atoms with van der Waals surface area (Å²) in [6.45, 7) is 1.90. The van der Waals surface area contributed by atoms with Gasteiger partial charge in [-0.1, -0.05) is 11.6 Å². The summed E-state index contributed by atoms with van der Waals surface area (Å²) in [4.78, 5) is 12.6. The summed E-state index contributed by atoms with van der Waals surface area (Å²) in [7, 11) is 0. The molecule has 0 aromatic carbocycles. The van der Waals surface area contributed by atoms with Crippen LogP contribution < -0.4 is 0 Å². The van der Waals surface area contributed by atoms with Crippen LogP contribution in [0.15, 0.2) is 39.2 Å². The van der Waals surface area contributed by atoms with Crippen molar-refractivity contribution in [2.75, 3.05) is 0 Å². The molecule has 0 amide bonds. The zero-order valence-electron chi connectivity index (χ0n) is 9.71. The van der Waals surface area contributed by atoms with Crippen molar-refractivity contribution in [3.63, 3.8) is 0 Å². The SMILES string of the molecule is Cc1c(Cl)nc2ncnn2c1Sc1ncccc1Br. The molecular weight excluding hydrogens is 350 g/mol. The van der Waals surface area contributed by atoms with E-state index in [4.69, 9.17) is 11.6 Å². The number of aromatic nitrogens is 5. The lowest BCUT2D eigenvalue weighted by atomic mass is 10.4. The highest BCUT2D eigenvalue weighted by Gasteiger charge is 2.15. The third-order valence-electron chi connectivity index (χ3n) is 2.47. The van der Waals surface area contributed by atoms with Crippen molar-refractivity contribution in [2.24, 2.45) is 0 Å². The molecule has 0 spiro atoms. The first kappa shape index (κ1) is 12.8. The van der Waals surface area contributed by atoms with Crippen LogP contribution in [0.4, 0.5) is 0 Å². The fourth-order valence-corrected chi connectivity index (χ4v) is 3.18. The topological polar surface area (TPSA) is 56.0 Å². The second kappa shape index (κ2) is 5.07. The highest BCUT2D eigenvalue weighted by molar-refractivity contribution is 9.10. The summed E-state index contributed by atoms with van der Waals surface area (Å²) in [6.07, 6.45) is 3.19. The Morgan fingerprint density at radius 2 is 2.21 bits per heavy atom. The maximum atomic E-state index is 6.12. The van der Waals surface area contributed by atoms with Gasteiger partial charge in [0, 0.05) is 11.8 Å². The second-order valence-electron chi connectivity index (χ2n) is 3.70. The van der Waals surface area contributed by atoms with Crippen molar-refractivity contribution in [1.82, 2.24) is 24.6 Å². The number of fused-ring (bicyclic) bond motifs is 1. The average Bonchev–Trinajstić information content (AvgIpc) is 2.85. The normalized spacial score (nSPS) is 11.1. The summed E-state index contributed by atoms with van der Waals surface area (Å²) >= 11 is 11.1. The molecule has 3 rings (SSSR count). The molecule has 5 nitrogen and oxygen atoms in total. The molecule has 19 heavy (non-hydrogen) atoms. The molecule has 0 aliphatic heterocycles. The lowest BCUT2D eigenvalue weighted by molar-refractivity contribution is 0.824. The second-order valence-corrected chi connectivity index (χ2v) is 5.89. The molecule has 3 heterocycles. The number of hydrogen-bond donors (Lipinski definition) is 0. The molecule has 0 fully saturated rings. The quantitative estimate of drug-likeness (QED) is 0.659. The Morgan fingerprint density at radius 1 is 1.37 bits per heavy atom. The minimum absolute atomic E-state index is 0.426. The van der Waals surface area contributed by atoms with E-state index in [1.807, 2.05) is 19.1 Å². The lowest BCUT2D eigenvalue weighted by Gasteiger charge is -2.08. The Balaban J connectivity index is 2.17. The Bertz CT molecular complexity index is 760. The number of nitrogens with zero attached hydrogens (tertiary/aromatic N) is 5. The molecule has 3 aromatic heterocycles. The predicted molar refractivity (Wildman–Crippen MR) is 76.6 cm³/mol. The monoisotopic (exact) mass is 355 g/mol. The van der Waals surface area contributed by atoms with Gasteiger partial charge in [0.05, 0.1) is 4.47 Å². The van der Waals surface area contributed by atoms with Crippen LogP contribution in [0.3, 0.4) is 0 Å². The summed E-state index contributed by atoms with van der Waals surface area (Å²) in [5.74, 6) is 0.477. The van der Waals surface area contributed by atoms with E-state index in [2.05, 4.69) is 36.0 Å². The Hall–Kier alpha value is -1.18. The molecule has 0 N–H and O–H groups in total. The van der Waals surface area contributed by atoms with E-state index < -0.39 is 0 Å². The predicted octanol–water partition coefficient (Wildman–Crippen LogP) is 3.39. The molecule has 3 aromatic rings. The number of halogens is 2. The largest absolute Gasteiger partial charge is 0.254 e. The van der Waals surface area contributed by atoms with Gasteiger partial charge in [-0.25, -0.2) is 4.98 Å². The van der Waals surface area contributed by atoms with E-state index in [-0.39, 0.29) is 0 Å². The van der Waals surface area contributed by atoms with E-state index in [1.165, 1.54) is 18.1 Å². The van der Waals surface area contributed by atoms with Crippen LogP contribution in [0.5, 0.6) is 0 Å². The van der Waals surface area contributed by atoms with Gasteiger partial charge in [-0.2, -0.15) is 19.6 Å². The van der Waals surface area contributed by atoms with Crippen LogP contribution in [0.1, 0.15) is 5.56 Å². The molecule has 96 valence electrons. The smallest absolute Gasteiger partial charge is 0.248 e. The van der Waals surface area contributed by atoms with Gasteiger partial charge in [0.25, 0.3) is 5.78 Å². The van der Waals surface area contributed by atoms with Crippen LogP contribution in [0, 0.1) is 6.92 Å². The standard InChI is InChI=1S/C11H7BrClN5S/c1-6-8(13)17-11-15-5-16-18(11)10(6)19-9-7(12)3-2-4-14-9/h2-5H,1H3. The Kier molecular flexibility index (Phi) is 3.42. The molecule has 0 atom stereocenters. The van der Waals surface area contributed by atoms with E-state index in [0.717, 1.165) is 20.1 Å². The molecule has 0 radical (unpaired) electrons. The first-order valence-electron chi connectivity index (χ1n) is 5.31. The van der Waals surface area contributed by atoms with Crippen LogP contribution in [-0.2, 0) is 0 Å². The van der Waals surface area contributed by atoms with Gasteiger partial charge in [-0.15, -0.1) is 0 Å². The summed E-state index contributed by atoms with van der Waals surface area (Å²) in [5.41, 5.74) is 0.849. The van der Waals surface area contributed by atoms with Crippen LogP contribution >= 0.6 is 39.3 Å². The van der Waals surface area contributed by atoms with Crippen molar-refractivity contribution in [3.8, 4) is 0 Å². The van der Waals surface area contributed by atoms with Gasteiger partial charge >= 0.3 is 0 Å². The molecule has 0 bridgehead atoms. The van der Waals surface area contributed by atoms with Gasteiger partial charge in [0.2, 0.25) is 0 Å². The number of rotatable bonds is 2. The maximum absolute atomic E-state index is 6.12. The average molecular weight is 357 g/mol. The first-order valence-corrected chi connectivity index (χ1v) is 7.30. The van der Waals surface area contributed by atoms with E-state index in [9.17, 15) is 0 Å². The zero-order valence-corrected chi connectivity index (χ0v) is 12.9. The van der Waals surface area contributed by atoms with Crippen LogP contribution in [0.25, 0.3) is 5.78 Å². The van der Waals surface area contributed by atoms with Crippen LogP contribution in [0.2, 0.25) is 5.15 Å². The van der Waals surface area contributed by atoms with Gasteiger partial charge < -0.3 is 0 Å². The first-order chi connectivity index (χ1) is 9.16. The Morgan fingerprint density at radius 3 is 3.00 bits per heavy atom. The zero-order chi connectivity index (χ0) is 13.4. The highest BCUT2D eigenvalue weighted by Crippen LogP contribution is 2.34. The molecule has 0 unspecified atom stereocenters. The number of pyridine rings is 1. The third kappa shape index (κ3) is 2.33. The molecule has 0 saturated heterocycles. The molecule has 0 saturated carbocycles. The van der Waals surface area contributed by atoms with Crippen molar-refractivity contribution in [1.29, 1.82) is 0 Å². The third-order valence-corrected chi connectivity index (χ3v) is 4.93. The van der Waals surface area contributed by atoms with Gasteiger partial charge in [0.1, 0.15) is 21.5 Å². The summed E-state index contributed by atoms with van der Waals surface area (Å²) < 4.78 is 2.58. The fraction of sp³-hybridized carbons (Fsp3) is 0.0909. The van der Waals surface area contributed by atoms with E-state index in [0.29, 0.717) is 10.9 Å². The molecule has 0 aliphatic rings. The molecule has 8 heteroatoms. The molecule has 0 aliphatic carbocycles. The summed E-state index contributed by atoms with van der Waals surface area (Å²) in [6, 6.07) is 3.80. The Labute approximate surface area is 126 Å². The lowest BCUT2D eigenvalue weighted by Crippen LogP contribution is -2.00. The van der Waals surface area contributed by atoms with Crippen molar-refractivity contribution >= 4 is 45.1 Å².